The van der Waals surface area contributed by atoms with Gasteiger partial charge >= 0.3 is 5.69 Å². The molecule has 0 amide bonds. The largest absolute Gasteiger partial charge is 0.463 e. The van der Waals surface area contributed by atoms with Crippen LogP contribution in [0.1, 0.15) is 6.23 Å². The molecule has 0 bridgehead atoms. The molecule has 3 N–H and O–H groups in total. The molecule has 1 aliphatic heterocycles. The van der Waals surface area contributed by atoms with Gasteiger partial charge in [0.2, 0.25) is 0 Å². The Bertz CT molecular complexity index is 668. The number of furan rings is 1. The lowest BCUT2D eigenvalue weighted by Crippen LogP contribution is -2.36. The number of nitrogens with zero attached hydrogens (tertiary/aromatic N) is 2. The van der Waals surface area contributed by atoms with E-state index in [9.17, 15) is 15.0 Å². The summed E-state index contributed by atoms with van der Waals surface area (Å²) in [7, 11) is 0. The van der Waals surface area contributed by atoms with E-state index in [2.05, 4.69) is 4.98 Å². The molecular weight excluding hydrogens is 280 g/mol. The van der Waals surface area contributed by atoms with Gasteiger partial charge < -0.3 is 24.5 Å². The smallest absolute Gasteiger partial charge is 0.350 e. The monoisotopic (exact) mass is 294 g/mol. The van der Waals surface area contributed by atoms with Crippen molar-refractivity contribution in [2.45, 2.75) is 24.5 Å². The van der Waals surface area contributed by atoms with E-state index < -0.39 is 36.8 Å². The molecule has 0 saturated carbocycles. The molecule has 3 rings (SSSR count). The lowest BCUT2D eigenvalue weighted by atomic mass is 10.1. The Morgan fingerprint density at radius 3 is 2.67 bits per heavy atom. The van der Waals surface area contributed by atoms with Crippen LogP contribution >= 0.6 is 0 Å². The van der Waals surface area contributed by atoms with Crippen LogP contribution in [0.2, 0.25) is 0 Å². The van der Waals surface area contributed by atoms with Crippen LogP contribution in [0.4, 0.5) is 0 Å². The molecule has 21 heavy (non-hydrogen) atoms. The zero-order valence-electron chi connectivity index (χ0n) is 10.9. The Kier molecular flexibility index (Phi) is 3.60. The van der Waals surface area contributed by atoms with Crippen LogP contribution < -0.4 is 5.69 Å². The van der Waals surface area contributed by atoms with Crippen LogP contribution in [0.5, 0.6) is 0 Å². The molecule has 8 heteroatoms. The molecule has 3 heterocycles. The lowest BCUT2D eigenvalue weighted by Gasteiger charge is -2.17. The van der Waals surface area contributed by atoms with Gasteiger partial charge in [0.15, 0.2) is 12.0 Å². The minimum atomic E-state index is -1.32. The van der Waals surface area contributed by atoms with Crippen molar-refractivity contribution in [2.24, 2.45) is 0 Å². The minimum Gasteiger partial charge on any atom is -0.463 e. The molecule has 1 saturated heterocycles. The molecule has 0 radical (unpaired) electrons. The normalized spacial score (nSPS) is 28.9. The fourth-order valence-corrected chi connectivity index (χ4v) is 2.28. The second kappa shape index (κ2) is 5.41. The highest BCUT2D eigenvalue weighted by atomic mass is 16.6. The number of rotatable bonds is 3. The van der Waals surface area contributed by atoms with E-state index in [4.69, 9.17) is 14.3 Å². The summed E-state index contributed by atoms with van der Waals surface area (Å²) in [4.78, 5) is 15.9. The Hall–Kier alpha value is -2.00. The molecule has 112 valence electrons. The number of ether oxygens (including phenoxy) is 1. The summed E-state index contributed by atoms with van der Waals surface area (Å²) in [5.41, 5.74) is -0.299. The van der Waals surface area contributed by atoms with E-state index >= 15 is 0 Å². The first-order valence-electron chi connectivity index (χ1n) is 6.37. The van der Waals surface area contributed by atoms with Gasteiger partial charge in [-0.25, -0.2) is 4.79 Å². The van der Waals surface area contributed by atoms with Crippen molar-refractivity contribution in [2.75, 3.05) is 6.61 Å². The number of hydrogen-bond acceptors (Lipinski definition) is 7. The molecule has 1 aliphatic rings. The van der Waals surface area contributed by atoms with E-state index in [-0.39, 0.29) is 0 Å². The summed E-state index contributed by atoms with van der Waals surface area (Å²) < 4.78 is 11.5. The van der Waals surface area contributed by atoms with Crippen LogP contribution in [0, 0.1) is 0 Å². The Labute approximate surface area is 118 Å². The average molecular weight is 294 g/mol. The summed E-state index contributed by atoms with van der Waals surface area (Å²) in [5.74, 6) is 0.445. The predicted octanol–water partition coefficient (Wildman–Crippen LogP) is -0.885. The first-order chi connectivity index (χ1) is 10.1. The van der Waals surface area contributed by atoms with E-state index in [1.807, 2.05) is 0 Å². The van der Waals surface area contributed by atoms with Crippen molar-refractivity contribution >= 4 is 0 Å². The zero-order chi connectivity index (χ0) is 15.0. The van der Waals surface area contributed by atoms with Gasteiger partial charge in [0.25, 0.3) is 0 Å². The standard InChI is InChI=1S/C13H14N2O6/c16-6-9-10(17)11(18)12(21-9)15-4-3-7(14-13(15)19)8-2-1-5-20-8/h1-5,9-12,16-18H,6H2/t9-,10-,11+,12?/m1/s1. The van der Waals surface area contributed by atoms with Crippen molar-refractivity contribution in [3.8, 4) is 11.5 Å². The van der Waals surface area contributed by atoms with Crippen LogP contribution in [-0.4, -0.2) is 49.8 Å². The zero-order valence-corrected chi connectivity index (χ0v) is 10.9. The van der Waals surface area contributed by atoms with Gasteiger partial charge in [-0.1, -0.05) is 0 Å². The van der Waals surface area contributed by atoms with Crippen molar-refractivity contribution in [1.82, 2.24) is 9.55 Å². The first-order valence-corrected chi connectivity index (χ1v) is 6.37. The maximum absolute atomic E-state index is 12.0. The van der Waals surface area contributed by atoms with Gasteiger partial charge in [-0.2, -0.15) is 4.98 Å². The summed E-state index contributed by atoms with van der Waals surface area (Å²) in [6.07, 6.45) is -1.76. The van der Waals surface area contributed by atoms with E-state index in [1.165, 1.54) is 18.5 Å². The lowest BCUT2D eigenvalue weighted by molar-refractivity contribution is -0.0549. The van der Waals surface area contributed by atoms with E-state index in [0.29, 0.717) is 11.5 Å². The molecule has 2 aromatic heterocycles. The highest BCUT2D eigenvalue weighted by molar-refractivity contribution is 5.50. The van der Waals surface area contributed by atoms with Gasteiger partial charge in [-0.05, 0) is 18.2 Å². The van der Waals surface area contributed by atoms with Gasteiger partial charge in [-0.15, -0.1) is 0 Å². The number of aliphatic hydroxyl groups excluding tert-OH is 3. The van der Waals surface area contributed by atoms with Crippen molar-refractivity contribution in [3.05, 3.63) is 41.1 Å². The number of aliphatic hydroxyl groups is 3. The summed E-state index contributed by atoms with van der Waals surface area (Å²) in [6, 6.07) is 4.88. The van der Waals surface area contributed by atoms with Gasteiger partial charge in [0, 0.05) is 6.20 Å². The van der Waals surface area contributed by atoms with Crippen LogP contribution in [0.15, 0.2) is 39.9 Å². The Morgan fingerprint density at radius 1 is 1.29 bits per heavy atom. The second-order valence-corrected chi connectivity index (χ2v) is 4.71. The molecule has 4 atom stereocenters. The third-order valence-electron chi connectivity index (χ3n) is 3.39. The first kappa shape index (κ1) is 14.0. The van der Waals surface area contributed by atoms with Gasteiger partial charge in [-0.3, -0.25) is 4.57 Å². The third kappa shape index (κ3) is 2.38. The molecule has 0 aliphatic carbocycles. The number of aromatic nitrogens is 2. The van der Waals surface area contributed by atoms with Gasteiger partial charge in [0.05, 0.1) is 12.9 Å². The second-order valence-electron chi connectivity index (χ2n) is 4.71. The fourth-order valence-electron chi connectivity index (χ4n) is 2.28. The minimum absolute atomic E-state index is 0.355. The molecule has 0 aromatic carbocycles. The van der Waals surface area contributed by atoms with Gasteiger partial charge in [0.1, 0.15) is 24.0 Å². The molecular formula is C13H14N2O6. The maximum Gasteiger partial charge on any atom is 0.350 e. The van der Waals surface area contributed by atoms with Crippen molar-refractivity contribution in [1.29, 1.82) is 0 Å². The quantitative estimate of drug-likeness (QED) is 0.672. The summed E-state index contributed by atoms with van der Waals surface area (Å²) >= 11 is 0. The highest BCUT2D eigenvalue weighted by Gasteiger charge is 2.43. The van der Waals surface area contributed by atoms with Crippen LogP contribution in [-0.2, 0) is 4.74 Å². The Balaban J connectivity index is 1.92. The van der Waals surface area contributed by atoms with E-state index in [0.717, 1.165) is 4.57 Å². The van der Waals surface area contributed by atoms with Crippen molar-refractivity contribution < 1.29 is 24.5 Å². The summed E-state index contributed by atoms with van der Waals surface area (Å²) in [6.45, 7) is -0.457. The molecule has 8 nitrogen and oxygen atoms in total. The average Bonchev–Trinajstić information content (AvgIpc) is 3.10. The van der Waals surface area contributed by atoms with Crippen molar-refractivity contribution in [3.63, 3.8) is 0 Å². The Morgan fingerprint density at radius 2 is 2.10 bits per heavy atom. The molecule has 1 fully saturated rings. The SMILES string of the molecule is O=c1nc(-c2ccco2)ccn1C1O[C@H](CO)[C@@H](O)[C@@H]1O. The fraction of sp³-hybridized carbons (Fsp3) is 0.385. The molecule has 1 unspecified atom stereocenters. The molecule has 0 spiro atoms. The van der Waals surface area contributed by atoms with Crippen LogP contribution in [0.3, 0.4) is 0 Å². The summed E-state index contributed by atoms with van der Waals surface area (Å²) in [5, 5.41) is 28.6. The van der Waals surface area contributed by atoms with Crippen LogP contribution in [0.25, 0.3) is 11.5 Å². The number of hydrogen-bond donors (Lipinski definition) is 3. The predicted molar refractivity (Wildman–Crippen MR) is 69.2 cm³/mol. The maximum atomic E-state index is 12.0. The topological polar surface area (TPSA) is 118 Å². The van der Waals surface area contributed by atoms with E-state index in [1.54, 1.807) is 12.1 Å². The third-order valence-corrected chi connectivity index (χ3v) is 3.39. The highest BCUT2D eigenvalue weighted by Crippen LogP contribution is 2.28. The molecule has 2 aromatic rings.